The summed E-state index contributed by atoms with van der Waals surface area (Å²) >= 11 is 0. The first-order valence-corrected chi connectivity index (χ1v) is 5.67. The molecule has 3 nitrogen and oxygen atoms in total. The van der Waals surface area contributed by atoms with Gasteiger partial charge in [-0.3, -0.25) is 4.90 Å². The topological polar surface area (TPSA) is 49.5 Å². The second kappa shape index (κ2) is 7.21. The number of nitrogens with two attached hydrogens (primary N) is 1. The van der Waals surface area contributed by atoms with Gasteiger partial charge in [-0.2, -0.15) is 0 Å². The number of aliphatic hydroxyl groups is 1. The average molecular weight is 202 g/mol. The summed E-state index contributed by atoms with van der Waals surface area (Å²) in [6.45, 7) is 10.6. The van der Waals surface area contributed by atoms with Crippen LogP contribution in [0.1, 0.15) is 34.1 Å². The third kappa shape index (κ3) is 4.40. The Kier molecular flexibility index (Phi) is 7.15. The maximum Gasteiger partial charge on any atom is 0.0601 e. The van der Waals surface area contributed by atoms with Gasteiger partial charge in [0.2, 0.25) is 0 Å². The highest BCUT2D eigenvalue weighted by atomic mass is 16.3. The van der Waals surface area contributed by atoms with E-state index in [1.54, 1.807) is 0 Å². The van der Waals surface area contributed by atoms with Crippen LogP contribution in [0.5, 0.6) is 0 Å². The summed E-state index contributed by atoms with van der Waals surface area (Å²) in [6.07, 6.45) is 1.17. The molecule has 0 heterocycles. The molecule has 3 N–H and O–H groups in total. The van der Waals surface area contributed by atoms with Crippen molar-refractivity contribution in [2.75, 3.05) is 19.7 Å². The summed E-state index contributed by atoms with van der Waals surface area (Å²) in [5, 5.41) is 9.26. The van der Waals surface area contributed by atoms with Crippen molar-refractivity contribution >= 4 is 0 Å². The van der Waals surface area contributed by atoms with E-state index in [2.05, 4.69) is 25.7 Å². The lowest BCUT2D eigenvalue weighted by Gasteiger charge is -2.33. The van der Waals surface area contributed by atoms with Crippen LogP contribution >= 0.6 is 0 Å². The minimum atomic E-state index is 0.0315. The van der Waals surface area contributed by atoms with E-state index in [1.807, 2.05) is 6.92 Å². The molecule has 3 atom stereocenters. The number of hydrogen-bond donors (Lipinski definition) is 2. The van der Waals surface area contributed by atoms with Gasteiger partial charge in [0, 0.05) is 18.6 Å². The van der Waals surface area contributed by atoms with Crippen molar-refractivity contribution in [3.05, 3.63) is 0 Å². The molecule has 0 aromatic heterocycles. The van der Waals surface area contributed by atoms with Crippen LogP contribution in [-0.4, -0.2) is 41.8 Å². The Morgan fingerprint density at radius 3 is 2.14 bits per heavy atom. The number of nitrogens with zero attached hydrogens (tertiary/aromatic N) is 1. The highest BCUT2D eigenvalue weighted by Gasteiger charge is 2.20. The van der Waals surface area contributed by atoms with Gasteiger partial charge >= 0.3 is 0 Å². The second-order valence-corrected chi connectivity index (χ2v) is 4.21. The van der Waals surface area contributed by atoms with Crippen molar-refractivity contribution in [1.29, 1.82) is 0 Å². The second-order valence-electron chi connectivity index (χ2n) is 4.21. The van der Waals surface area contributed by atoms with Gasteiger partial charge in [0.1, 0.15) is 0 Å². The largest absolute Gasteiger partial charge is 0.395 e. The van der Waals surface area contributed by atoms with E-state index in [0.29, 0.717) is 5.92 Å². The van der Waals surface area contributed by atoms with Crippen molar-refractivity contribution in [1.82, 2.24) is 4.90 Å². The minimum absolute atomic E-state index is 0.0315. The Labute approximate surface area is 88.3 Å². The molecule has 86 valence electrons. The predicted octanol–water partition coefficient (Wildman–Crippen LogP) is 1.06. The van der Waals surface area contributed by atoms with Gasteiger partial charge in [-0.05, 0) is 19.4 Å². The van der Waals surface area contributed by atoms with Crippen LogP contribution in [0, 0.1) is 5.92 Å². The highest BCUT2D eigenvalue weighted by molar-refractivity contribution is 4.78. The molecule has 0 aliphatic rings. The Bertz CT molecular complexity index is 139. The van der Waals surface area contributed by atoms with Crippen LogP contribution < -0.4 is 5.73 Å². The normalized spacial score (nSPS) is 18.2. The maximum atomic E-state index is 9.26. The lowest BCUT2D eigenvalue weighted by molar-refractivity contribution is 0.0992. The SMILES string of the molecule is CCC(C)CN(CC)C(CO)C(C)N. The number of hydrogen-bond acceptors (Lipinski definition) is 3. The fourth-order valence-electron chi connectivity index (χ4n) is 1.64. The van der Waals surface area contributed by atoms with E-state index < -0.39 is 0 Å². The standard InChI is InChI=1S/C11H26N2O/c1-5-9(3)7-13(6-2)11(8-14)10(4)12/h9-11,14H,5-8,12H2,1-4H3. The van der Waals surface area contributed by atoms with E-state index in [1.165, 1.54) is 6.42 Å². The predicted molar refractivity (Wildman–Crippen MR) is 61.2 cm³/mol. The highest BCUT2D eigenvalue weighted by Crippen LogP contribution is 2.09. The summed E-state index contributed by atoms with van der Waals surface area (Å²) < 4.78 is 0. The zero-order valence-corrected chi connectivity index (χ0v) is 10.0. The van der Waals surface area contributed by atoms with E-state index in [-0.39, 0.29) is 18.7 Å². The zero-order chi connectivity index (χ0) is 11.1. The van der Waals surface area contributed by atoms with Crippen LogP contribution in [0.15, 0.2) is 0 Å². The molecule has 0 spiro atoms. The van der Waals surface area contributed by atoms with E-state index >= 15 is 0 Å². The summed E-state index contributed by atoms with van der Waals surface area (Å²) in [5.74, 6) is 0.669. The molecule has 0 fully saturated rings. The summed E-state index contributed by atoms with van der Waals surface area (Å²) in [6, 6.07) is 0.137. The molecule has 3 heteroatoms. The first-order valence-electron chi connectivity index (χ1n) is 5.67. The van der Waals surface area contributed by atoms with Crippen LogP contribution in [0.2, 0.25) is 0 Å². The molecule has 0 aromatic rings. The smallest absolute Gasteiger partial charge is 0.0601 e. The molecule has 14 heavy (non-hydrogen) atoms. The number of likely N-dealkylation sites (N-methyl/N-ethyl adjacent to an activating group) is 1. The molecule has 0 aliphatic heterocycles. The van der Waals surface area contributed by atoms with Gasteiger partial charge < -0.3 is 10.8 Å². The fourth-order valence-corrected chi connectivity index (χ4v) is 1.64. The molecule has 0 aliphatic carbocycles. The molecule has 0 bridgehead atoms. The fraction of sp³-hybridized carbons (Fsp3) is 1.00. The molecule has 3 unspecified atom stereocenters. The Morgan fingerprint density at radius 1 is 1.29 bits per heavy atom. The van der Waals surface area contributed by atoms with Gasteiger partial charge in [-0.1, -0.05) is 27.2 Å². The van der Waals surface area contributed by atoms with Crippen molar-refractivity contribution in [3.8, 4) is 0 Å². The van der Waals surface area contributed by atoms with Gasteiger partial charge in [-0.15, -0.1) is 0 Å². The van der Waals surface area contributed by atoms with Gasteiger partial charge in [0.05, 0.1) is 6.61 Å². The zero-order valence-electron chi connectivity index (χ0n) is 10.0. The Hall–Kier alpha value is -0.120. The minimum Gasteiger partial charge on any atom is -0.395 e. The van der Waals surface area contributed by atoms with E-state index in [9.17, 15) is 5.11 Å². The molecular weight excluding hydrogens is 176 g/mol. The molecule has 0 amide bonds. The summed E-state index contributed by atoms with van der Waals surface area (Å²) in [7, 11) is 0. The van der Waals surface area contributed by atoms with Crippen LogP contribution in [-0.2, 0) is 0 Å². The number of aliphatic hydroxyl groups excluding tert-OH is 1. The molecule has 0 radical (unpaired) electrons. The van der Waals surface area contributed by atoms with E-state index in [4.69, 9.17) is 5.73 Å². The summed E-state index contributed by atoms with van der Waals surface area (Å²) in [5.41, 5.74) is 5.84. The van der Waals surface area contributed by atoms with Gasteiger partial charge in [0.25, 0.3) is 0 Å². The van der Waals surface area contributed by atoms with Gasteiger partial charge in [-0.25, -0.2) is 0 Å². The lowest BCUT2D eigenvalue weighted by Crippen LogP contribution is -2.50. The lowest BCUT2D eigenvalue weighted by atomic mass is 10.0. The first kappa shape index (κ1) is 13.9. The molecule has 0 rings (SSSR count). The van der Waals surface area contributed by atoms with Gasteiger partial charge in [0.15, 0.2) is 0 Å². The summed E-state index contributed by atoms with van der Waals surface area (Å²) in [4.78, 5) is 2.28. The maximum absolute atomic E-state index is 9.26. The van der Waals surface area contributed by atoms with Crippen molar-refractivity contribution in [2.45, 2.75) is 46.2 Å². The van der Waals surface area contributed by atoms with Crippen molar-refractivity contribution in [2.24, 2.45) is 11.7 Å². The first-order chi connectivity index (χ1) is 6.56. The molecular formula is C11H26N2O. The van der Waals surface area contributed by atoms with Crippen LogP contribution in [0.25, 0.3) is 0 Å². The molecule has 0 saturated carbocycles. The third-order valence-electron chi connectivity index (χ3n) is 2.91. The Morgan fingerprint density at radius 2 is 1.86 bits per heavy atom. The Balaban J connectivity index is 4.21. The van der Waals surface area contributed by atoms with E-state index in [0.717, 1.165) is 13.1 Å². The monoisotopic (exact) mass is 202 g/mol. The quantitative estimate of drug-likeness (QED) is 0.649. The molecule has 0 saturated heterocycles. The van der Waals surface area contributed by atoms with Crippen LogP contribution in [0.3, 0.4) is 0 Å². The number of rotatable bonds is 7. The van der Waals surface area contributed by atoms with Crippen molar-refractivity contribution in [3.63, 3.8) is 0 Å². The average Bonchev–Trinajstić information content (AvgIpc) is 2.16. The van der Waals surface area contributed by atoms with Crippen molar-refractivity contribution < 1.29 is 5.11 Å². The van der Waals surface area contributed by atoms with Crippen LogP contribution in [0.4, 0.5) is 0 Å². The third-order valence-corrected chi connectivity index (χ3v) is 2.91. The molecule has 0 aromatic carbocycles.